The Morgan fingerprint density at radius 3 is 1.36 bits per heavy atom. The molecule has 3 N–H and O–H groups in total. The van der Waals surface area contributed by atoms with E-state index in [-0.39, 0.29) is 18.0 Å². The molecule has 0 radical (unpaired) electrons. The molecule has 0 aromatic heterocycles. The standard InChI is InChI=1S/C21H24ClF3N2O6.C16H19Cl2NO3.C5H6F3NO3/c1-12(26-18(30)21(23,24)25)17(29)32-13(2)33-19(31)27(3)20(11-7-6-10-16(20)28)14-8-4-5-9-15(14)22;1-11(17)22-15(21)19(2)16(10-6-5-9-14(16)20)12-7-3-4-8-13(12)18;1-2(3(10)11)9-4(12)5(6,7)8/h4-5,8-9,12-13H,6-7,10-11H2,1-3H3,(H,26,30);3-4,7-8,11H,5-6,9-10H2,1-2H3;2H,1H3,(H,9,12)(H,10,11)/t12-,13?,20-;11?,16-;2-/m000/s1. The summed E-state index contributed by atoms with van der Waals surface area (Å²) in [4.78, 5) is 96.4. The number of aliphatic carboxylic acids is 1. The highest BCUT2D eigenvalue weighted by Crippen LogP contribution is 2.44. The maximum Gasteiger partial charge on any atom is 0.471 e. The molecule has 25 heteroatoms. The Morgan fingerprint density at radius 2 is 1.01 bits per heavy atom. The first-order chi connectivity index (χ1) is 30.9. The number of benzene rings is 2. The zero-order valence-electron chi connectivity index (χ0n) is 36.8. The smallest absolute Gasteiger partial charge is 0.471 e. The van der Waals surface area contributed by atoms with Crippen LogP contribution >= 0.6 is 34.8 Å². The van der Waals surface area contributed by atoms with Gasteiger partial charge in [-0.15, -0.1) is 0 Å². The molecule has 2 aliphatic carbocycles. The third-order valence-corrected chi connectivity index (χ3v) is 11.1. The molecule has 0 saturated heterocycles. The highest BCUT2D eigenvalue weighted by atomic mass is 35.5. The van der Waals surface area contributed by atoms with E-state index in [1.807, 2.05) is 6.07 Å². The zero-order valence-corrected chi connectivity index (χ0v) is 39.1. The summed E-state index contributed by atoms with van der Waals surface area (Å²) in [5.41, 5.74) is -2.16. The fourth-order valence-electron chi connectivity index (χ4n) is 6.98. The summed E-state index contributed by atoms with van der Waals surface area (Å²) in [6.45, 7) is 4.65. The molecule has 2 aromatic rings. The number of ketones is 2. The molecule has 67 heavy (non-hydrogen) atoms. The lowest BCUT2D eigenvalue weighted by molar-refractivity contribution is -0.179. The van der Waals surface area contributed by atoms with Crippen LogP contribution in [0, 0.1) is 0 Å². The van der Waals surface area contributed by atoms with Crippen LogP contribution in [0.15, 0.2) is 48.5 Å². The number of Topliss-reactive ketones (excluding diaryl/α,β-unsaturated/α-hetero) is 2. The summed E-state index contributed by atoms with van der Waals surface area (Å²) in [6.07, 6.45) is -8.92. The van der Waals surface area contributed by atoms with Crippen LogP contribution in [-0.4, -0.2) is 113 Å². The second-order valence-corrected chi connectivity index (χ2v) is 16.5. The summed E-state index contributed by atoms with van der Waals surface area (Å²) in [5, 5.41) is 11.6. The fourth-order valence-corrected chi connectivity index (χ4v) is 7.64. The van der Waals surface area contributed by atoms with Crippen molar-refractivity contribution < 1.29 is 84.0 Å². The van der Waals surface area contributed by atoms with E-state index in [2.05, 4.69) is 0 Å². The van der Waals surface area contributed by atoms with Gasteiger partial charge in [-0.05, 0) is 71.4 Å². The van der Waals surface area contributed by atoms with Crippen molar-refractivity contribution in [3.63, 3.8) is 0 Å². The molecule has 2 unspecified atom stereocenters. The Hall–Kier alpha value is -5.35. The Bertz CT molecular complexity index is 2130. The summed E-state index contributed by atoms with van der Waals surface area (Å²) in [6, 6.07) is 10.6. The second kappa shape index (κ2) is 24.6. The van der Waals surface area contributed by atoms with E-state index >= 15 is 0 Å². The number of carbonyl (C=O) groups excluding carboxylic acids is 7. The quantitative estimate of drug-likeness (QED) is 0.0841. The van der Waals surface area contributed by atoms with E-state index in [9.17, 15) is 64.7 Å². The molecule has 0 spiro atoms. The maximum absolute atomic E-state index is 13.0. The highest BCUT2D eigenvalue weighted by molar-refractivity contribution is 6.32. The molecule has 4 rings (SSSR count). The van der Waals surface area contributed by atoms with Crippen molar-refractivity contribution >= 4 is 82.3 Å². The molecule has 6 atom stereocenters. The minimum atomic E-state index is -5.17. The van der Waals surface area contributed by atoms with Gasteiger partial charge < -0.3 is 30.0 Å². The number of carboxylic acids is 1. The number of nitrogens with zero attached hydrogens (tertiary/aromatic N) is 2. The number of nitrogens with one attached hydrogen (secondary N) is 2. The SMILES string of the molecule is CC(Cl)OC(=O)N(C)[C@]1(c2ccccc2Cl)CCCCC1=O.CC(OC(=O)[C@H](C)NC(=O)C(F)(F)F)OC(=O)N(C)[C@]1(c2ccccc2Cl)CCCCC1=O.C[C@H](NC(=O)C(F)(F)F)C(=O)O. The minimum absolute atomic E-state index is 0.0199. The predicted molar refractivity (Wildman–Crippen MR) is 228 cm³/mol. The maximum atomic E-state index is 13.0. The molecular weight excluding hydrogens is 973 g/mol. The molecule has 16 nitrogen and oxygen atoms in total. The van der Waals surface area contributed by atoms with Crippen LogP contribution in [0.1, 0.15) is 90.2 Å². The molecule has 0 heterocycles. The number of rotatable bonds is 11. The third kappa shape index (κ3) is 15.3. The topological polar surface area (TPSA) is 215 Å². The van der Waals surface area contributed by atoms with Gasteiger partial charge in [0.2, 0.25) is 6.29 Å². The molecule has 2 aliphatic rings. The number of carbonyl (C=O) groups is 8. The van der Waals surface area contributed by atoms with Crippen LogP contribution in [-0.2, 0) is 54.1 Å². The van der Waals surface area contributed by atoms with Gasteiger partial charge in [0.05, 0.1) is 0 Å². The van der Waals surface area contributed by atoms with Crippen LogP contribution in [0.25, 0.3) is 0 Å². The second-order valence-electron chi connectivity index (χ2n) is 15.1. The van der Waals surface area contributed by atoms with Gasteiger partial charge in [-0.3, -0.25) is 33.8 Å². The fraction of sp³-hybridized carbons (Fsp3) is 0.524. The van der Waals surface area contributed by atoms with E-state index < -0.39 is 83.3 Å². The van der Waals surface area contributed by atoms with Gasteiger partial charge in [0.1, 0.15) is 23.2 Å². The number of alkyl halides is 7. The first kappa shape index (κ1) is 57.8. The molecule has 372 valence electrons. The van der Waals surface area contributed by atoms with Gasteiger partial charge in [-0.25, -0.2) is 14.4 Å². The molecule has 2 saturated carbocycles. The largest absolute Gasteiger partial charge is 0.480 e. The van der Waals surface area contributed by atoms with Crippen LogP contribution in [0.3, 0.4) is 0 Å². The van der Waals surface area contributed by atoms with Crippen molar-refractivity contribution in [3.05, 3.63) is 69.7 Å². The lowest BCUT2D eigenvalue weighted by Crippen LogP contribution is -2.55. The number of hydrogen-bond donors (Lipinski definition) is 3. The Labute approximate surface area is 395 Å². The molecule has 2 aromatic carbocycles. The summed E-state index contributed by atoms with van der Waals surface area (Å²) < 4.78 is 86.4. The van der Waals surface area contributed by atoms with Crippen molar-refractivity contribution in [1.29, 1.82) is 0 Å². The van der Waals surface area contributed by atoms with E-state index in [1.165, 1.54) is 29.5 Å². The normalized spacial score (nSPS) is 20.0. The zero-order chi connectivity index (χ0) is 51.2. The molecular formula is C42H49Cl3F6N4O12. The monoisotopic (exact) mass is 1020 g/mol. The van der Waals surface area contributed by atoms with Crippen molar-refractivity contribution in [1.82, 2.24) is 20.4 Å². The number of ether oxygens (including phenoxy) is 3. The van der Waals surface area contributed by atoms with Crippen molar-refractivity contribution in [2.45, 2.75) is 126 Å². The van der Waals surface area contributed by atoms with Crippen molar-refractivity contribution in [2.75, 3.05) is 14.1 Å². The van der Waals surface area contributed by atoms with Crippen LogP contribution in [0.2, 0.25) is 10.0 Å². The Kier molecular flexibility index (Phi) is 21.2. The van der Waals surface area contributed by atoms with E-state index in [0.717, 1.165) is 31.6 Å². The van der Waals surface area contributed by atoms with Gasteiger partial charge in [0.15, 0.2) is 17.1 Å². The number of likely N-dealkylation sites (N-methyl/N-ethyl adjacent to an activating group) is 2. The minimum Gasteiger partial charge on any atom is -0.480 e. The van der Waals surface area contributed by atoms with E-state index in [4.69, 9.17) is 54.1 Å². The Morgan fingerprint density at radius 1 is 0.642 bits per heavy atom. The van der Waals surface area contributed by atoms with Gasteiger partial charge in [-0.1, -0.05) is 71.2 Å². The average Bonchev–Trinajstić information content (AvgIpc) is 3.23. The molecule has 0 aliphatic heterocycles. The van der Waals surface area contributed by atoms with Gasteiger partial charge >= 0.3 is 48.3 Å². The summed E-state index contributed by atoms with van der Waals surface area (Å²) in [7, 11) is 2.92. The van der Waals surface area contributed by atoms with Crippen molar-refractivity contribution in [3.8, 4) is 0 Å². The number of hydrogen-bond acceptors (Lipinski definition) is 11. The first-order valence-corrected chi connectivity index (χ1v) is 21.4. The van der Waals surface area contributed by atoms with Crippen LogP contribution in [0.4, 0.5) is 35.9 Å². The lowest BCUT2D eigenvalue weighted by atomic mass is 9.74. The number of halogens is 9. The number of amides is 4. The summed E-state index contributed by atoms with van der Waals surface area (Å²) >= 11 is 18.4. The predicted octanol–water partition coefficient (Wildman–Crippen LogP) is 8.17. The van der Waals surface area contributed by atoms with Crippen LogP contribution < -0.4 is 10.6 Å². The van der Waals surface area contributed by atoms with Gasteiger partial charge in [0.25, 0.3) is 0 Å². The average molecular weight is 1020 g/mol. The van der Waals surface area contributed by atoms with E-state index in [1.54, 1.807) is 56.4 Å². The molecule has 2 fully saturated rings. The highest BCUT2D eigenvalue weighted by Gasteiger charge is 2.50. The molecule has 4 amide bonds. The van der Waals surface area contributed by atoms with E-state index in [0.29, 0.717) is 53.3 Å². The van der Waals surface area contributed by atoms with Gasteiger partial charge in [0, 0.05) is 55.0 Å². The Balaban J connectivity index is 0.000000388. The van der Waals surface area contributed by atoms with Crippen molar-refractivity contribution in [2.24, 2.45) is 0 Å². The lowest BCUT2D eigenvalue weighted by Gasteiger charge is -2.43. The number of esters is 1. The first-order valence-electron chi connectivity index (χ1n) is 20.2. The third-order valence-electron chi connectivity index (χ3n) is 10.4. The summed E-state index contributed by atoms with van der Waals surface area (Å²) in [5.74, 6) is -7.58. The number of carboxylic acid groups (broad SMARTS) is 1. The van der Waals surface area contributed by atoms with Crippen LogP contribution in [0.5, 0.6) is 0 Å². The molecule has 0 bridgehead atoms. The van der Waals surface area contributed by atoms with Gasteiger partial charge in [-0.2, -0.15) is 26.3 Å².